The molecule has 0 saturated carbocycles. The van der Waals surface area contributed by atoms with E-state index in [1.54, 1.807) is 36.4 Å². The molecule has 144 valence electrons. The van der Waals surface area contributed by atoms with Gasteiger partial charge in [0, 0.05) is 18.5 Å². The van der Waals surface area contributed by atoms with Crippen LogP contribution in [0.25, 0.3) is 11.0 Å². The molecule has 1 aromatic heterocycles. The number of hydrogen-bond donors (Lipinski definition) is 1. The highest BCUT2D eigenvalue weighted by molar-refractivity contribution is 6.03. The molecular weight excluding hydrogens is 362 g/mol. The molecule has 0 aliphatic carbocycles. The monoisotopic (exact) mass is 381 g/mol. The Labute approximate surface area is 161 Å². The van der Waals surface area contributed by atoms with Gasteiger partial charge in [-0.1, -0.05) is 6.07 Å². The zero-order valence-electron chi connectivity index (χ0n) is 15.6. The van der Waals surface area contributed by atoms with Crippen molar-refractivity contribution in [3.05, 3.63) is 54.4 Å². The number of rotatable bonds is 6. The van der Waals surface area contributed by atoms with E-state index < -0.39 is 18.0 Å². The van der Waals surface area contributed by atoms with Gasteiger partial charge in [0.15, 0.2) is 6.10 Å². The largest absolute Gasteiger partial charge is 0.497 e. The molecule has 1 unspecified atom stereocenters. The van der Waals surface area contributed by atoms with Crippen LogP contribution in [0.3, 0.4) is 0 Å². The molecule has 0 spiro atoms. The van der Waals surface area contributed by atoms with Crippen molar-refractivity contribution >= 4 is 28.6 Å². The zero-order valence-corrected chi connectivity index (χ0v) is 15.6. The van der Waals surface area contributed by atoms with Crippen LogP contribution in [-0.4, -0.2) is 42.2 Å². The molecule has 1 N–H and O–H groups in total. The highest BCUT2D eigenvalue weighted by atomic mass is 16.5. The Kier molecular flexibility index (Phi) is 5.69. The highest BCUT2D eigenvalue weighted by Gasteiger charge is 2.22. The molecule has 8 heteroatoms. The molecule has 0 fully saturated rings. The number of hydrogen-bond acceptors (Lipinski definition) is 7. The van der Waals surface area contributed by atoms with E-state index >= 15 is 0 Å². The second-order valence-corrected chi connectivity index (χ2v) is 5.83. The molecule has 1 heterocycles. The predicted octanol–water partition coefficient (Wildman–Crippen LogP) is 2.83. The lowest BCUT2D eigenvalue weighted by Gasteiger charge is -2.16. The van der Waals surface area contributed by atoms with Gasteiger partial charge in [-0.25, -0.2) is 4.79 Å². The summed E-state index contributed by atoms with van der Waals surface area (Å²) >= 11 is 0. The number of esters is 1. The number of methoxy groups -OCH3 is 2. The van der Waals surface area contributed by atoms with Crippen LogP contribution in [0.15, 0.2) is 48.8 Å². The van der Waals surface area contributed by atoms with E-state index in [1.807, 2.05) is 0 Å². The standard InChI is InChI=1S/C20H19N3O5/c1-12(19(24)23-15-8-7-13(26-2)11-17(15)27-3)28-20(25)14-5-4-6-16-18(14)22-10-9-21-16/h4-12H,1-3H3,(H,23,24). The summed E-state index contributed by atoms with van der Waals surface area (Å²) in [7, 11) is 3.02. The lowest BCUT2D eigenvalue weighted by Crippen LogP contribution is -2.30. The SMILES string of the molecule is COc1ccc(NC(=O)C(C)OC(=O)c2cccc3nccnc23)c(OC)c1. The van der Waals surface area contributed by atoms with Crippen molar-refractivity contribution in [1.29, 1.82) is 0 Å². The first-order valence-electron chi connectivity index (χ1n) is 8.47. The Hall–Kier alpha value is -3.68. The second kappa shape index (κ2) is 8.34. The first-order chi connectivity index (χ1) is 13.5. The third kappa shape index (κ3) is 4.01. The van der Waals surface area contributed by atoms with Crippen molar-refractivity contribution in [3.63, 3.8) is 0 Å². The molecule has 1 amide bonds. The normalized spacial score (nSPS) is 11.5. The number of fused-ring (bicyclic) bond motifs is 1. The average molecular weight is 381 g/mol. The Morgan fingerprint density at radius 3 is 2.57 bits per heavy atom. The molecule has 2 aromatic carbocycles. The number of nitrogens with one attached hydrogen (secondary N) is 1. The van der Waals surface area contributed by atoms with Crippen molar-refractivity contribution in [2.75, 3.05) is 19.5 Å². The van der Waals surface area contributed by atoms with Crippen molar-refractivity contribution in [2.24, 2.45) is 0 Å². The van der Waals surface area contributed by atoms with Gasteiger partial charge >= 0.3 is 5.97 Å². The lowest BCUT2D eigenvalue weighted by molar-refractivity contribution is -0.123. The van der Waals surface area contributed by atoms with Crippen LogP contribution in [-0.2, 0) is 9.53 Å². The van der Waals surface area contributed by atoms with E-state index in [-0.39, 0.29) is 5.56 Å². The summed E-state index contributed by atoms with van der Waals surface area (Å²) < 4.78 is 15.7. The van der Waals surface area contributed by atoms with Crippen LogP contribution >= 0.6 is 0 Å². The van der Waals surface area contributed by atoms with E-state index in [1.165, 1.54) is 33.5 Å². The van der Waals surface area contributed by atoms with Crippen molar-refractivity contribution in [1.82, 2.24) is 9.97 Å². The lowest BCUT2D eigenvalue weighted by atomic mass is 10.2. The smallest absolute Gasteiger partial charge is 0.341 e. The molecule has 0 radical (unpaired) electrons. The Morgan fingerprint density at radius 1 is 1.04 bits per heavy atom. The summed E-state index contributed by atoms with van der Waals surface area (Å²) in [6.07, 6.45) is 1.99. The first kappa shape index (κ1) is 19.1. The van der Waals surface area contributed by atoms with Gasteiger partial charge in [0.05, 0.1) is 31.0 Å². The van der Waals surface area contributed by atoms with Gasteiger partial charge in [-0.05, 0) is 31.2 Å². The molecule has 0 bridgehead atoms. The minimum Gasteiger partial charge on any atom is -0.497 e. The van der Waals surface area contributed by atoms with Gasteiger partial charge in [-0.3, -0.25) is 14.8 Å². The predicted molar refractivity (Wildman–Crippen MR) is 103 cm³/mol. The van der Waals surface area contributed by atoms with E-state index in [0.717, 1.165) is 0 Å². The minimum atomic E-state index is -1.04. The van der Waals surface area contributed by atoms with Crippen LogP contribution < -0.4 is 14.8 Å². The Balaban J connectivity index is 1.73. The number of aromatic nitrogens is 2. The first-order valence-corrected chi connectivity index (χ1v) is 8.47. The van der Waals surface area contributed by atoms with Crippen LogP contribution in [0.5, 0.6) is 11.5 Å². The number of nitrogens with zero attached hydrogens (tertiary/aromatic N) is 2. The molecule has 28 heavy (non-hydrogen) atoms. The summed E-state index contributed by atoms with van der Waals surface area (Å²) in [5.41, 5.74) is 1.66. The van der Waals surface area contributed by atoms with Crippen LogP contribution in [0.2, 0.25) is 0 Å². The third-order valence-corrected chi connectivity index (χ3v) is 4.04. The molecule has 3 aromatic rings. The Morgan fingerprint density at radius 2 is 1.82 bits per heavy atom. The minimum absolute atomic E-state index is 0.243. The van der Waals surface area contributed by atoms with Gasteiger partial charge < -0.3 is 19.5 Å². The average Bonchev–Trinajstić information content (AvgIpc) is 2.73. The maximum Gasteiger partial charge on any atom is 0.341 e. The van der Waals surface area contributed by atoms with Gasteiger partial charge in [-0.2, -0.15) is 0 Å². The van der Waals surface area contributed by atoms with Gasteiger partial charge in [0.25, 0.3) is 5.91 Å². The van der Waals surface area contributed by atoms with Crippen molar-refractivity contribution in [3.8, 4) is 11.5 Å². The number of carbonyl (C=O) groups is 2. The molecule has 8 nitrogen and oxygen atoms in total. The second-order valence-electron chi connectivity index (χ2n) is 5.83. The van der Waals surface area contributed by atoms with Crippen LogP contribution in [0, 0.1) is 0 Å². The molecule has 3 rings (SSSR count). The summed E-state index contributed by atoms with van der Waals surface area (Å²) in [4.78, 5) is 33.3. The van der Waals surface area contributed by atoms with E-state index in [9.17, 15) is 9.59 Å². The summed E-state index contributed by atoms with van der Waals surface area (Å²) in [6.45, 7) is 1.49. The number of carbonyl (C=O) groups excluding carboxylic acids is 2. The Bertz CT molecular complexity index is 1020. The fourth-order valence-electron chi connectivity index (χ4n) is 2.57. The third-order valence-electron chi connectivity index (χ3n) is 4.04. The fourth-order valence-corrected chi connectivity index (χ4v) is 2.57. The number of benzene rings is 2. The molecule has 0 saturated heterocycles. The van der Waals surface area contributed by atoms with Gasteiger partial charge in [-0.15, -0.1) is 0 Å². The van der Waals surface area contributed by atoms with E-state index in [2.05, 4.69) is 15.3 Å². The molecule has 0 aliphatic rings. The number of amides is 1. The zero-order chi connectivity index (χ0) is 20.1. The highest BCUT2D eigenvalue weighted by Crippen LogP contribution is 2.29. The van der Waals surface area contributed by atoms with Gasteiger partial charge in [0.2, 0.25) is 0 Å². The summed E-state index contributed by atoms with van der Waals surface area (Å²) in [5, 5.41) is 2.68. The van der Waals surface area contributed by atoms with Crippen molar-refractivity contribution in [2.45, 2.75) is 13.0 Å². The van der Waals surface area contributed by atoms with E-state index in [0.29, 0.717) is 28.2 Å². The maximum absolute atomic E-state index is 12.5. The van der Waals surface area contributed by atoms with Gasteiger partial charge in [0.1, 0.15) is 17.0 Å². The van der Waals surface area contributed by atoms with Crippen LogP contribution in [0.1, 0.15) is 17.3 Å². The number of anilines is 1. The fraction of sp³-hybridized carbons (Fsp3) is 0.200. The van der Waals surface area contributed by atoms with E-state index in [4.69, 9.17) is 14.2 Å². The summed E-state index contributed by atoms with van der Waals surface area (Å²) in [5.74, 6) is -0.138. The molecule has 0 aliphatic heterocycles. The molecular formula is C20H19N3O5. The summed E-state index contributed by atoms with van der Waals surface area (Å²) in [6, 6.07) is 9.97. The maximum atomic E-state index is 12.5. The number of ether oxygens (including phenoxy) is 3. The van der Waals surface area contributed by atoms with Crippen LogP contribution in [0.4, 0.5) is 5.69 Å². The number of para-hydroxylation sites is 1. The molecule has 1 atom stereocenters. The quantitative estimate of drug-likeness (QED) is 0.655. The topological polar surface area (TPSA) is 99.6 Å². The van der Waals surface area contributed by atoms with Crippen molar-refractivity contribution < 1.29 is 23.8 Å².